The molecule has 0 heterocycles. The van der Waals surface area contributed by atoms with Gasteiger partial charge in [0, 0.05) is 23.0 Å². The van der Waals surface area contributed by atoms with E-state index in [-0.39, 0.29) is 18.5 Å². The van der Waals surface area contributed by atoms with E-state index in [1.807, 2.05) is 6.07 Å². The van der Waals surface area contributed by atoms with Gasteiger partial charge in [0.05, 0.1) is 33.7 Å². The summed E-state index contributed by atoms with van der Waals surface area (Å²) in [4.78, 5) is 26.7. The molecule has 1 unspecified atom stereocenters. The first-order valence-corrected chi connectivity index (χ1v) is 10.2. The van der Waals surface area contributed by atoms with Crippen LogP contribution in [0.25, 0.3) is 0 Å². The Balaban J connectivity index is 2.13. The van der Waals surface area contributed by atoms with Gasteiger partial charge in [-0.15, -0.1) is 0 Å². The molecule has 0 aromatic heterocycles. The number of hydrogen-bond donors (Lipinski definition) is 0. The summed E-state index contributed by atoms with van der Waals surface area (Å²) >= 11 is 5.98. The van der Waals surface area contributed by atoms with E-state index in [1.165, 1.54) is 11.0 Å². The number of carbonyl (C=O) groups excluding carboxylic acids is 2. The number of halogens is 1. The number of carbonyl (C=O) groups is 2. The number of esters is 1. The van der Waals surface area contributed by atoms with Crippen molar-refractivity contribution in [3.63, 3.8) is 0 Å². The first kappa shape index (κ1) is 21.6. The zero-order valence-electron chi connectivity index (χ0n) is 15.3. The van der Waals surface area contributed by atoms with Crippen LogP contribution in [0.15, 0.2) is 53.4 Å². The molecule has 0 aliphatic heterocycles. The molecule has 2 aromatic rings. The number of nitrogens with zero attached hydrogens (tertiary/aromatic N) is 2. The second kappa shape index (κ2) is 10.6. The van der Waals surface area contributed by atoms with Crippen LogP contribution in [0.5, 0.6) is 0 Å². The fraction of sp³-hybridized carbons (Fsp3) is 0.250. The Morgan fingerprint density at radius 1 is 1.21 bits per heavy atom. The molecule has 0 spiro atoms. The maximum absolute atomic E-state index is 12.6. The Bertz CT molecular complexity index is 926. The van der Waals surface area contributed by atoms with Gasteiger partial charge in [-0.3, -0.25) is 9.00 Å². The highest BCUT2D eigenvalue weighted by atomic mass is 35.5. The van der Waals surface area contributed by atoms with Crippen molar-refractivity contribution < 1.29 is 18.5 Å². The zero-order valence-corrected chi connectivity index (χ0v) is 16.8. The van der Waals surface area contributed by atoms with Crippen LogP contribution in [0.4, 0.5) is 5.69 Å². The van der Waals surface area contributed by atoms with Crippen LogP contribution in [0, 0.1) is 11.3 Å². The lowest BCUT2D eigenvalue weighted by Gasteiger charge is -2.22. The first-order chi connectivity index (χ1) is 13.5. The molecule has 0 radical (unpaired) electrons. The number of anilines is 1. The molecule has 1 amide bonds. The van der Waals surface area contributed by atoms with Gasteiger partial charge in [0.1, 0.15) is 0 Å². The standard InChI is InChI=1S/C20H19ClN2O4S/c1-2-28(26)18-10-4-3-9-17(18)20(25)27-14-19(24)23(12-6-11-22)16-8-5-7-15(21)13-16/h3-5,7-10,13H,2,6,12,14H2,1H3. The molecule has 0 aliphatic rings. The van der Waals surface area contributed by atoms with Crippen LogP contribution in [-0.2, 0) is 20.3 Å². The van der Waals surface area contributed by atoms with E-state index in [2.05, 4.69) is 0 Å². The molecular formula is C20H19ClN2O4S. The van der Waals surface area contributed by atoms with E-state index < -0.39 is 29.3 Å². The van der Waals surface area contributed by atoms with Crippen molar-refractivity contribution in [3.05, 3.63) is 59.1 Å². The van der Waals surface area contributed by atoms with Gasteiger partial charge in [0.15, 0.2) is 6.61 Å². The van der Waals surface area contributed by atoms with Crippen LogP contribution in [-0.4, -0.2) is 35.0 Å². The quantitative estimate of drug-likeness (QED) is 0.611. The molecule has 0 fully saturated rings. The molecule has 8 heteroatoms. The highest BCUT2D eigenvalue weighted by Crippen LogP contribution is 2.20. The number of rotatable bonds is 8. The fourth-order valence-corrected chi connectivity index (χ4v) is 3.60. The Labute approximate surface area is 171 Å². The predicted octanol–water partition coefficient (Wildman–Crippen LogP) is 3.57. The lowest BCUT2D eigenvalue weighted by Crippen LogP contribution is -2.35. The van der Waals surface area contributed by atoms with Crippen molar-refractivity contribution in [3.8, 4) is 6.07 Å². The number of hydrogen-bond acceptors (Lipinski definition) is 5. The van der Waals surface area contributed by atoms with Gasteiger partial charge >= 0.3 is 5.97 Å². The molecule has 2 aromatic carbocycles. The van der Waals surface area contributed by atoms with Crippen molar-refractivity contribution in [1.82, 2.24) is 0 Å². The van der Waals surface area contributed by atoms with Gasteiger partial charge < -0.3 is 9.64 Å². The minimum Gasteiger partial charge on any atom is -0.452 e. The Hall–Kier alpha value is -2.69. The molecule has 1 atom stereocenters. The van der Waals surface area contributed by atoms with Gasteiger partial charge in [0.25, 0.3) is 5.91 Å². The number of benzene rings is 2. The summed E-state index contributed by atoms with van der Waals surface area (Å²) in [5, 5.41) is 9.29. The molecule has 0 bridgehead atoms. The van der Waals surface area contributed by atoms with Crippen LogP contribution >= 0.6 is 11.6 Å². The van der Waals surface area contributed by atoms with E-state index in [0.29, 0.717) is 21.4 Å². The minimum absolute atomic E-state index is 0.116. The Kier molecular flexibility index (Phi) is 8.18. The fourth-order valence-electron chi connectivity index (χ4n) is 2.48. The normalized spacial score (nSPS) is 11.3. The summed E-state index contributed by atoms with van der Waals surface area (Å²) < 4.78 is 17.3. The van der Waals surface area contributed by atoms with E-state index in [9.17, 15) is 13.8 Å². The highest BCUT2D eigenvalue weighted by Gasteiger charge is 2.20. The monoisotopic (exact) mass is 418 g/mol. The molecule has 2 rings (SSSR count). The molecule has 0 saturated heterocycles. The average molecular weight is 419 g/mol. The smallest absolute Gasteiger partial charge is 0.339 e. The highest BCUT2D eigenvalue weighted by molar-refractivity contribution is 7.85. The van der Waals surface area contributed by atoms with Crippen LogP contribution < -0.4 is 4.90 Å². The zero-order chi connectivity index (χ0) is 20.5. The number of nitriles is 1. The van der Waals surface area contributed by atoms with E-state index in [4.69, 9.17) is 21.6 Å². The number of amides is 1. The van der Waals surface area contributed by atoms with Crippen molar-refractivity contribution in [2.45, 2.75) is 18.2 Å². The summed E-state index contributed by atoms with van der Waals surface area (Å²) in [7, 11) is -1.33. The van der Waals surface area contributed by atoms with Crippen molar-refractivity contribution in [2.75, 3.05) is 23.8 Å². The summed E-state index contributed by atoms with van der Waals surface area (Å²) in [6, 6.07) is 15.1. The van der Waals surface area contributed by atoms with Gasteiger partial charge in [0.2, 0.25) is 0 Å². The van der Waals surface area contributed by atoms with Crippen molar-refractivity contribution >= 4 is 40.0 Å². The Morgan fingerprint density at radius 2 is 1.96 bits per heavy atom. The molecule has 0 N–H and O–H groups in total. The maximum atomic E-state index is 12.6. The second-order valence-electron chi connectivity index (χ2n) is 5.64. The van der Waals surface area contributed by atoms with Crippen LogP contribution in [0.2, 0.25) is 5.02 Å². The van der Waals surface area contributed by atoms with Gasteiger partial charge in [-0.05, 0) is 30.3 Å². The summed E-state index contributed by atoms with van der Waals surface area (Å²) in [6.07, 6.45) is 0.116. The lowest BCUT2D eigenvalue weighted by molar-refractivity contribution is -0.121. The SMILES string of the molecule is CCS(=O)c1ccccc1C(=O)OCC(=O)N(CCC#N)c1cccc(Cl)c1. The summed E-state index contributed by atoms with van der Waals surface area (Å²) in [6.45, 7) is 1.38. The lowest BCUT2D eigenvalue weighted by atomic mass is 10.2. The molecule has 146 valence electrons. The largest absolute Gasteiger partial charge is 0.452 e. The minimum atomic E-state index is -1.33. The van der Waals surface area contributed by atoms with E-state index >= 15 is 0 Å². The van der Waals surface area contributed by atoms with E-state index in [1.54, 1.807) is 49.4 Å². The molecule has 28 heavy (non-hydrogen) atoms. The molecule has 6 nitrogen and oxygen atoms in total. The molecular weight excluding hydrogens is 400 g/mol. The van der Waals surface area contributed by atoms with E-state index in [0.717, 1.165) is 0 Å². The van der Waals surface area contributed by atoms with Crippen LogP contribution in [0.3, 0.4) is 0 Å². The number of ether oxygens (including phenoxy) is 1. The predicted molar refractivity (Wildman–Crippen MR) is 108 cm³/mol. The summed E-state index contributed by atoms with van der Waals surface area (Å²) in [5.41, 5.74) is 0.679. The van der Waals surface area contributed by atoms with Crippen LogP contribution in [0.1, 0.15) is 23.7 Å². The van der Waals surface area contributed by atoms with Crippen molar-refractivity contribution in [1.29, 1.82) is 5.26 Å². The van der Waals surface area contributed by atoms with Gasteiger partial charge in [-0.1, -0.05) is 36.7 Å². The molecule has 0 aliphatic carbocycles. The summed E-state index contributed by atoms with van der Waals surface area (Å²) in [5.74, 6) is -0.850. The third kappa shape index (κ3) is 5.65. The third-order valence-corrected chi connectivity index (χ3v) is 5.42. The van der Waals surface area contributed by atoms with Gasteiger partial charge in [-0.25, -0.2) is 4.79 Å². The second-order valence-corrected chi connectivity index (χ2v) is 7.78. The topological polar surface area (TPSA) is 87.5 Å². The van der Waals surface area contributed by atoms with Crippen molar-refractivity contribution in [2.24, 2.45) is 0 Å². The average Bonchev–Trinajstić information content (AvgIpc) is 2.71. The molecule has 0 saturated carbocycles. The maximum Gasteiger partial charge on any atom is 0.339 e. The third-order valence-electron chi connectivity index (χ3n) is 3.81. The first-order valence-electron chi connectivity index (χ1n) is 8.55. The Morgan fingerprint density at radius 3 is 2.64 bits per heavy atom. The van der Waals surface area contributed by atoms with Gasteiger partial charge in [-0.2, -0.15) is 5.26 Å².